The van der Waals surface area contributed by atoms with Gasteiger partial charge in [0.2, 0.25) is 0 Å². The van der Waals surface area contributed by atoms with Gasteiger partial charge in [0.05, 0.1) is 17.5 Å². The van der Waals surface area contributed by atoms with Crippen molar-refractivity contribution < 1.29 is 0 Å². The maximum atomic E-state index is 5.81. The Morgan fingerprint density at radius 3 is 2.94 bits per heavy atom. The number of hydrogen-bond acceptors (Lipinski definition) is 4. The Kier molecular flexibility index (Phi) is 2.40. The van der Waals surface area contributed by atoms with Crippen LogP contribution in [0.5, 0.6) is 0 Å². The first kappa shape index (κ1) is 9.84. The molecule has 1 aliphatic rings. The van der Waals surface area contributed by atoms with Crippen molar-refractivity contribution >= 4 is 17.2 Å². The molecule has 0 saturated carbocycles. The van der Waals surface area contributed by atoms with E-state index in [1.807, 2.05) is 0 Å². The van der Waals surface area contributed by atoms with Crippen molar-refractivity contribution in [1.29, 1.82) is 0 Å². The molecule has 4 nitrogen and oxygen atoms in total. The van der Waals surface area contributed by atoms with E-state index in [0.29, 0.717) is 5.82 Å². The third kappa shape index (κ3) is 1.61. The third-order valence-electron chi connectivity index (χ3n) is 2.99. The number of H-pyrrole nitrogens is 1. The van der Waals surface area contributed by atoms with Crippen molar-refractivity contribution in [3.63, 3.8) is 0 Å². The molecule has 1 aliphatic carbocycles. The van der Waals surface area contributed by atoms with Crippen LogP contribution < -0.4 is 5.73 Å². The van der Waals surface area contributed by atoms with Gasteiger partial charge in [-0.3, -0.25) is 5.10 Å². The highest BCUT2D eigenvalue weighted by Gasteiger charge is 2.16. The quantitative estimate of drug-likeness (QED) is 0.744. The minimum atomic E-state index is 0.615. The standard InChI is InChI=1S/C11H14N4S/c12-10-7(6-13-15-10)11-14-8-4-2-1-3-5-9(8)16-11/h6H,1-5H2,(H3,12,13,15). The highest BCUT2D eigenvalue weighted by atomic mass is 32.1. The SMILES string of the molecule is Nc1[nH]ncc1-c1nc2c(s1)CCCCC2. The zero-order valence-corrected chi connectivity index (χ0v) is 9.81. The molecule has 5 heteroatoms. The van der Waals surface area contributed by atoms with Crippen molar-refractivity contribution in [2.24, 2.45) is 0 Å². The van der Waals surface area contributed by atoms with E-state index in [1.54, 1.807) is 17.5 Å². The summed E-state index contributed by atoms with van der Waals surface area (Å²) in [5.74, 6) is 0.615. The Morgan fingerprint density at radius 2 is 2.12 bits per heavy atom. The molecule has 3 N–H and O–H groups in total. The molecule has 2 aromatic rings. The summed E-state index contributed by atoms with van der Waals surface area (Å²) in [5.41, 5.74) is 8.03. The summed E-state index contributed by atoms with van der Waals surface area (Å²) < 4.78 is 0. The van der Waals surface area contributed by atoms with Crippen molar-refractivity contribution in [1.82, 2.24) is 15.2 Å². The van der Waals surface area contributed by atoms with E-state index in [4.69, 9.17) is 10.7 Å². The average Bonchev–Trinajstić information content (AvgIpc) is 2.80. The summed E-state index contributed by atoms with van der Waals surface area (Å²) in [6, 6.07) is 0. The number of aromatic amines is 1. The summed E-state index contributed by atoms with van der Waals surface area (Å²) in [6.45, 7) is 0. The topological polar surface area (TPSA) is 67.6 Å². The van der Waals surface area contributed by atoms with Crippen LogP contribution in [0, 0.1) is 0 Å². The Hall–Kier alpha value is -1.36. The minimum absolute atomic E-state index is 0.615. The lowest BCUT2D eigenvalue weighted by Crippen LogP contribution is -1.88. The predicted molar refractivity (Wildman–Crippen MR) is 65.4 cm³/mol. The van der Waals surface area contributed by atoms with Gasteiger partial charge in [0.1, 0.15) is 10.8 Å². The molecule has 0 aliphatic heterocycles. The minimum Gasteiger partial charge on any atom is -0.383 e. The summed E-state index contributed by atoms with van der Waals surface area (Å²) in [6.07, 6.45) is 7.92. The van der Waals surface area contributed by atoms with Gasteiger partial charge in [-0.25, -0.2) is 4.98 Å². The van der Waals surface area contributed by atoms with Crippen LogP contribution >= 0.6 is 11.3 Å². The zero-order valence-electron chi connectivity index (χ0n) is 8.99. The van der Waals surface area contributed by atoms with Gasteiger partial charge in [-0.05, 0) is 25.7 Å². The highest BCUT2D eigenvalue weighted by Crippen LogP contribution is 2.33. The summed E-state index contributed by atoms with van der Waals surface area (Å²) in [4.78, 5) is 6.13. The van der Waals surface area contributed by atoms with Crippen LogP contribution in [0.3, 0.4) is 0 Å². The van der Waals surface area contributed by atoms with Crippen LogP contribution in [0.25, 0.3) is 10.6 Å². The number of thiazole rings is 1. The van der Waals surface area contributed by atoms with E-state index < -0.39 is 0 Å². The van der Waals surface area contributed by atoms with Crippen LogP contribution in [0.2, 0.25) is 0 Å². The van der Waals surface area contributed by atoms with Crippen LogP contribution in [-0.4, -0.2) is 15.2 Å². The number of nitrogens with one attached hydrogen (secondary N) is 1. The third-order valence-corrected chi connectivity index (χ3v) is 4.19. The van der Waals surface area contributed by atoms with Gasteiger partial charge < -0.3 is 5.73 Å². The molecule has 0 unspecified atom stereocenters. The van der Waals surface area contributed by atoms with Crippen LogP contribution in [0.15, 0.2) is 6.20 Å². The van der Waals surface area contributed by atoms with Gasteiger partial charge in [0.25, 0.3) is 0 Å². The normalized spacial score (nSPS) is 15.8. The summed E-state index contributed by atoms with van der Waals surface area (Å²) in [5, 5.41) is 7.71. The number of nitrogens with zero attached hydrogens (tertiary/aromatic N) is 2. The first-order chi connectivity index (χ1) is 7.84. The lowest BCUT2D eigenvalue weighted by Gasteiger charge is -1.93. The van der Waals surface area contributed by atoms with Crippen LogP contribution in [-0.2, 0) is 12.8 Å². The molecule has 16 heavy (non-hydrogen) atoms. The van der Waals surface area contributed by atoms with E-state index >= 15 is 0 Å². The molecule has 0 bridgehead atoms. The van der Waals surface area contributed by atoms with Gasteiger partial charge >= 0.3 is 0 Å². The average molecular weight is 234 g/mol. The number of nitrogen functional groups attached to an aromatic ring is 1. The van der Waals surface area contributed by atoms with E-state index in [2.05, 4.69) is 10.2 Å². The number of rotatable bonds is 1. The Labute approximate surface area is 97.9 Å². The monoisotopic (exact) mass is 234 g/mol. The van der Waals surface area contributed by atoms with E-state index in [1.165, 1.54) is 36.3 Å². The van der Waals surface area contributed by atoms with E-state index in [9.17, 15) is 0 Å². The maximum absolute atomic E-state index is 5.81. The van der Waals surface area contributed by atoms with Gasteiger partial charge in [0, 0.05) is 4.88 Å². The number of fused-ring (bicyclic) bond motifs is 1. The second-order valence-electron chi connectivity index (χ2n) is 4.15. The summed E-state index contributed by atoms with van der Waals surface area (Å²) >= 11 is 1.77. The molecule has 2 aromatic heterocycles. The molecule has 0 saturated heterocycles. The Morgan fingerprint density at radius 1 is 1.25 bits per heavy atom. The largest absolute Gasteiger partial charge is 0.383 e. The molecular formula is C11H14N4S. The molecule has 3 rings (SSSR count). The molecule has 0 radical (unpaired) electrons. The van der Waals surface area contributed by atoms with Crippen molar-refractivity contribution in [3.8, 4) is 10.6 Å². The fraction of sp³-hybridized carbons (Fsp3) is 0.455. The predicted octanol–water partition coefficient (Wildman–Crippen LogP) is 2.38. The van der Waals surface area contributed by atoms with Gasteiger partial charge in [0.15, 0.2) is 0 Å². The Balaban J connectivity index is 2.01. The van der Waals surface area contributed by atoms with Gasteiger partial charge in [-0.1, -0.05) is 6.42 Å². The molecular weight excluding hydrogens is 220 g/mol. The molecule has 0 spiro atoms. The molecule has 0 atom stereocenters. The number of aromatic nitrogens is 3. The number of hydrogen-bond donors (Lipinski definition) is 2. The fourth-order valence-electron chi connectivity index (χ4n) is 2.11. The van der Waals surface area contributed by atoms with Crippen molar-refractivity contribution in [2.75, 3.05) is 5.73 Å². The molecule has 0 aromatic carbocycles. The smallest absolute Gasteiger partial charge is 0.129 e. The van der Waals surface area contributed by atoms with Crippen molar-refractivity contribution in [2.45, 2.75) is 32.1 Å². The molecule has 84 valence electrons. The first-order valence-corrected chi connectivity index (χ1v) is 6.44. The van der Waals surface area contributed by atoms with E-state index in [0.717, 1.165) is 17.0 Å². The van der Waals surface area contributed by atoms with E-state index in [-0.39, 0.29) is 0 Å². The van der Waals surface area contributed by atoms with Gasteiger partial charge in [-0.15, -0.1) is 11.3 Å². The lowest BCUT2D eigenvalue weighted by molar-refractivity contribution is 0.709. The summed E-state index contributed by atoms with van der Waals surface area (Å²) in [7, 11) is 0. The van der Waals surface area contributed by atoms with Crippen LogP contribution in [0.4, 0.5) is 5.82 Å². The molecule has 0 amide bonds. The number of anilines is 1. The fourth-order valence-corrected chi connectivity index (χ4v) is 3.28. The Bertz CT molecular complexity index is 476. The number of nitrogens with two attached hydrogens (primary N) is 1. The second kappa shape index (κ2) is 3.90. The van der Waals surface area contributed by atoms with Gasteiger partial charge in [-0.2, -0.15) is 5.10 Å². The first-order valence-electron chi connectivity index (χ1n) is 5.62. The van der Waals surface area contributed by atoms with Crippen LogP contribution in [0.1, 0.15) is 29.8 Å². The van der Waals surface area contributed by atoms with Crippen molar-refractivity contribution in [3.05, 3.63) is 16.8 Å². The lowest BCUT2D eigenvalue weighted by atomic mass is 10.2. The second-order valence-corrected chi connectivity index (χ2v) is 5.23. The highest BCUT2D eigenvalue weighted by molar-refractivity contribution is 7.15. The zero-order chi connectivity index (χ0) is 11.0. The number of aryl methyl sites for hydroxylation is 2. The molecule has 0 fully saturated rings. The molecule has 2 heterocycles. The maximum Gasteiger partial charge on any atom is 0.129 e.